The number of rotatable bonds is 12. The number of hydrogen-bond donors (Lipinski definition) is 0. The normalized spacial score (nSPS) is 12.4. The zero-order chi connectivity index (χ0) is 13.6. The molecule has 0 amide bonds. The maximum absolute atomic E-state index is 5.13. The fourth-order valence-electron chi connectivity index (χ4n) is 2.26. The third-order valence-electron chi connectivity index (χ3n) is 3.59. The van der Waals surface area contributed by atoms with Crippen LogP contribution in [0.1, 0.15) is 84.5 Å². The predicted octanol–water partition coefficient (Wildman–Crippen LogP) is 5.91. The molecular weight excluding hydrogens is 240 g/mol. The Hall–Kier alpha value is -0.110. The minimum absolute atomic E-state index is 0.444. The van der Waals surface area contributed by atoms with Crippen LogP contribution < -0.4 is 0 Å². The third-order valence-corrected chi connectivity index (χ3v) is 4.16. The van der Waals surface area contributed by atoms with Crippen LogP contribution in [0.25, 0.3) is 0 Å². The molecule has 0 bridgehead atoms. The lowest BCUT2D eigenvalue weighted by molar-refractivity contribution is 0.374. The van der Waals surface area contributed by atoms with Gasteiger partial charge in [0, 0.05) is 5.92 Å². The van der Waals surface area contributed by atoms with Crippen molar-refractivity contribution in [2.75, 3.05) is 7.11 Å². The van der Waals surface area contributed by atoms with E-state index in [-0.39, 0.29) is 0 Å². The van der Waals surface area contributed by atoms with Crippen LogP contribution in [0, 0.1) is 5.92 Å². The van der Waals surface area contributed by atoms with Gasteiger partial charge in [-0.3, -0.25) is 0 Å². The average molecular weight is 272 g/mol. The van der Waals surface area contributed by atoms with E-state index in [1.54, 1.807) is 7.11 Å². The first-order valence-electron chi connectivity index (χ1n) is 7.80. The molecule has 0 aromatic carbocycles. The Morgan fingerprint density at radius 1 is 0.889 bits per heavy atom. The summed E-state index contributed by atoms with van der Waals surface area (Å²) in [6.45, 7) is 4.44. The molecule has 0 saturated carbocycles. The van der Waals surface area contributed by atoms with Crippen molar-refractivity contribution < 1.29 is 4.74 Å². The van der Waals surface area contributed by atoms with Crippen LogP contribution in [-0.2, 0) is 4.74 Å². The molecule has 0 saturated heterocycles. The first kappa shape index (κ1) is 17.9. The Morgan fingerprint density at radius 2 is 1.33 bits per heavy atom. The Morgan fingerprint density at radius 3 is 1.78 bits per heavy atom. The van der Waals surface area contributed by atoms with E-state index in [0.717, 1.165) is 5.05 Å². The van der Waals surface area contributed by atoms with E-state index >= 15 is 0 Å². The molecule has 1 nitrogen and oxygen atoms in total. The van der Waals surface area contributed by atoms with Gasteiger partial charge in [0.2, 0.25) is 0 Å². The molecule has 18 heavy (non-hydrogen) atoms. The largest absolute Gasteiger partial charge is 0.490 e. The maximum atomic E-state index is 5.13. The third kappa shape index (κ3) is 11.0. The molecule has 0 aromatic rings. The summed E-state index contributed by atoms with van der Waals surface area (Å²) in [4.78, 5) is 0. The van der Waals surface area contributed by atoms with E-state index in [1.165, 1.54) is 70.6 Å². The Bertz CT molecular complexity index is 192. The predicted molar refractivity (Wildman–Crippen MR) is 85.2 cm³/mol. The number of methoxy groups -OCH3 is 1. The van der Waals surface area contributed by atoms with Gasteiger partial charge in [0.1, 0.15) is 0 Å². The first-order chi connectivity index (χ1) is 8.72. The van der Waals surface area contributed by atoms with Gasteiger partial charge in [-0.25, -0.2) is 0 Å². The smallest absolute Gasteiger partial charge is 0.162 e. The van der Waals surface area contributed by atoms with Crippen LogP contribution in [0.2, 0.25) is 0 Å². The molecule has 0 heterocycles. The minimum atomic E-state index is 0.444. The van der Waals surface area contributed by atoms with Crippen LogP contribution in [0.4, 0.5) is 0 Å². The summed E-state index contributed by atoms with van der Waals surface area (Å²) < 4.78 is 5.09. The van der Waals surface area contributed by atoms with Crippen molar-refractivity contribution in [1.82, 2.24) is 0 Å². The molecule has 0 aliphatic rings. The van der Waals surface area contributed by atoms with Crippen molar-refractivity contribution in [2.45, 2.75) is 84.5 Å². The SMILES string of the molecule is CCCCCCCCCCCCC(C)C(=S)OC. The molecule has 0 fully saturated rings. The van der Waals surface area contributed by atoms with E-state index < -0.39 is 0 Å². The van der Waals surface area contributed by atoms with Crippen molar-refractivity contribution in [3.63, 3.8) is 0 Å². The van der Waals surface area contributed by atoms with Gasteiger partial charge >= 0.3 is 0 Å². The average Bonchev–Trinajstić information content (AvgIpc) is 2.39. The summed E-state index contributed by atoms with van der Waals surface area (Å²) in [7, 11) is 1.68. The Labute approximate surface area is 120 Å². The first-order valence-corrected chi connectivity index (χ1v) is 8.21. The van der Waals surface area contributed by atoms with Crippen molar-refractivity contribution in [2.24, 2.45) is 5.92 Å². The van der Waals surface area contributed by atoms with Crippen molar-refractivity contribution in [3.8, 4) is 0 Å². The molecule has 1 unspecified atom stereocenters. The monoisotopic (exact) mass is 272 g/mol. The highest BCUT2D eigenvalue weighted by Gasteiger charge is 2.07. The lowest BCUT2D eigenvalue weighted by Gasteiger charge is -2.11. The van der Waals surface area contributed by atoms with Gasteiger partial charge in [0.25, 0.3) is 0 Å². The van der Waals surface area contributed by atoms with Gasteiger partial charge in [0.05, 0.1) is 7.11 Å². The van der Waals surface area contributed by atoms with Gasteiger partial charge in [-0.1, -0.05) is 78.1 Å². The van der Waals surface area contributed by atoms with E-state index in [2.05, 4.69) is 13.8 Å². The molecule has 0 radical (unpaired) electrons. The standard InChI is InChI=1S/C16H32OS/c1-4-5-6-7-8-9-10-11-12-13-14-15(2)16(18)17-3/h15H,4-14H2,1-3H3. The minimum Gasteiger partial charge on any atom is -0.490 e. The van der Waals surface area contributed by atoms with E-state index in [1.807, 2.05) is 0 Å². The number of hydrogen-bond acceptors (Lipinski definition) is 2. The summed E-state index contributed by atoms with van der Waals surface area (Å²) in [5, 5.41) is 0.769. The highest BCUT2D eigenvalue weighted by atomic mass is 32.1. The molecule has 108 valence electrons. The number of thiocarbonyl (C=S) groups is 1. The molecule has 0 aliphatic carbocycles. The van der Waals surface area contributed by atoms with E-state index in [4.69, 9.17) is 17.0 Å². The molecule has 1 atom stereocenters. The molecule has 0 aliphatic heterocycles. The summed E-state index contributed by atoms with van der Waals surface area (Å²) >= 11 is 5.13. The second-order valence-corrected chi connectivity index (χ2v) is 5.80. The molecule has 0 spiro atoms. The maximum Gasteiger partial charge on any atom is 0.162 e. The fraction of sp³-hybridized carbons (Fsp3) is 0.938. The summed E-state index contributed by atoms with van der Waals surface area (Å²) in [5.41, 5.74) is 0. The quantitative estimate of drug-likeness (QED) is 0.323. The van der Waals surface area contributed by atoms with Crippen LogP contribution in [-0.4, -0.2) is 12.2 Å². The molecule has 0 aromatic heterocycles. The topological polar surface area (TPSA) is 9.23 Å². The summed E-state index contributed by atoms with van der Waals surface area (Å²) in [6, 6.07) is 0. The Balaban J connectivity index is 3.14. The number of unbranched alkanes of at least 4 members (excludes halogenated alkanes) is 9. The van der Waals surface area contributed by atoms with Crippen LogP contribution >= 0.6 is 12.2 Å². The van der Waals surface area contributed by atoms with Gasteiger partial charge in [-0.05, 0) is 18.6 Å². The van der Waals surface area contributed by atoms with Crippen molar-refractivity contribution in [3.05, 3.63) is 0 Å². The van der Waals surface area contributed by atoms with Gasteiger partial charge in [-0.15, -0.1) is 0 Å². The molecule has 0 rings (SSSR count). The lowest BCUT2D eigenvalue weighted by atomic mass is 10.0. The number of ether oxygens (including phenoxy) is 1. The molecule has 0 N–H and O–H groups in total. The van der Waals surface area contributed by atoms with Crippen LogP contribution in [0.15, 0.2) is 0 Å². The molecule has 2 heteroatoms. The summed E-state index contributed by atoms with van der Waals surface area (Å²) in [5.74, 6) is 0.444. The lowest BCUT2D eigenvalue weighted by Crippen LogP contribution is -2.09. The summed E-state index contributed by atoms with van der Waals surface area (Å²) in [6.07, 6.45) is 15.1. The second kappa shape index (κ2) is 13.3. The highest BCUT2D eigenvalue weighted by molar-refractivity contribution is 7.80. The van der Waals surface area contributed by atoms with Crippen molar-refractivity contribution >= 4 is 17.3 Å². The van der Waals surface area contributed by atoms with Gasteiger partial charge in [-0.2, -0.15) is 0 Å². The van der Waals surface area contributed by atoms with Gasteiger partial charge in [0.15, 0.2) is 5.05 Å². The zero-order valence-electron chi connectivity index (χ0n) is 12.7. The Kier molecular flexibility index (Phi) is 13.2. The van der Waals surface area contributed by atoms with E-state index in [9.17, 15) is 0 Å². The van der Waals surface area contributed by atoms with Crippen LogP contribution in [0.5, 0.6) is 0 Å². The zero-order valence-corrected chi connectivity index (χ0v) is 13.5. The second-order valence-electron chi connectivity index (χ2n) is 5.39. The highest BCUT2D eigenvalue weighted by Crippen LogP contribution is 2.15. The molecular formula is C16H32OS. The van der Waals surface area contributed by atoms with Gasteiger partial charge < -0.3 is 4.74 Å². The fourth-order valence-corrected chi connectivity index (χ4v) is 2.37. The van der Waals surface area contributed by atoms with Crippen molar-refractivity contribution in [1.29, 1.82) is 0 Å². The van der Waals surface area contributed by atoms with Crippen LogP contribution in [0.3, 0.4) is 0 Å². The van der Waals surface area contributed by atoms with E-state index in [0.29, 0.717) is 5.92 Å².